The molecule has 104 valence electrons. The van der Waals surface area contributed by atoms with Crippen molar-refractivity contribution >= 4 is 5.78 Å². The standard InChI is InChI=1S/C15H20O4/c1-11(16)12-5-6-14(15(10-12)17-2)19-9-7-13-4-3-8-18-13/h5-6,10,13H,3-4,7-9H2,1-2H3. The fraction of sp³-hybridized carbons (Fsp3) is 0.533. The van der Waals surface area contributed by atoms with Gasteiger partial charge in [-0.05, 0) is 38.0 Å². The van der Waals surface area contributed by atoms with E-state index >= 15 is 0 Å². The SMILES string of the molecule is COc1cc(C(C)=O)ccc1OCCC1CCCO1. The second-order valence-electron chi connectivity index (χ2n) is 4.69. The Hall–Kier alpha value is -1.55. The van der Waals surface area contributed by atoms with Gasteiger partial charge < -0.3 is 14.2 Å². The summed E-state index contributed by atoms with van der Waals surface area (Å²) in [6, 6.07) is 5.25. The van der Waals surface area contributed by atoms with Crippen LogP contribution in [0, 0.1) is 0 Å². The fourth-order valence-corrected chi connectivity index (χ4v) is 2.18. The molecule has 1 unspecified atom stereocenters. The first-order valence-corrected chi connectivity index (χ1v) is 6.64. The minimum Gasteiger partial charge on any atom is -0.493 e. The number of hydrogen-bond acceptors (Lipinski definition) is 4. The van der Waals surface area contributed by atoms with Crippen LogP contribution in [-0.4, -0.2) is 32.2 Å². The van der Waals surface area contributed by atoms with Crippen LogP contribution in [0.25, 0.3) is 0 Å². The summed E-state index contributed by atoms with van der Waals surface area (Å²) in [5, 5.41) is 0. The van der Waals surface area contributed by atoms with Gasteiger partial charge in [0, 0.05) is 18.6 Å². The smallest absolute Gasteiger partial charge is 0.161 e. The van der Waals surface area contributed by atoms with Gasteiger partial charge in [0.15, 0.2) is 17.3 Å². The Labute approximate surface area is 113 Å². The Balaban J connectivity index is 1.93. The highest BCUT2D eigenvalue weighted by Gasteiger charge is 2.15. The molecule has 0 radical (unpaired) electrons. The maximum atomic E-state index is 11.3. The summed E-state index contributed by atoms with van der Waals surface area (Å²) >= 11 is 0. The molecule has 2 rings (SSSR count). The number of carbonyl (C=O) groups is 1. The third kappa shape index (κ3) is 3.70. The summed E-state index contributed by atoms with van der Waals surface area (Å²) in [5.74, 6) is 1.29. The molecule has 1 atom stereocenters. The zero-order valence-electron chi connectivity index (χ0n) is 11.5. The second kappa shape index (κ2) is 6.57. The Morgan fingerprint density at radius 1 is 1.42 bits per heavy atom. The molecule has 0 N–H and O–H groups in total. The first-order valence-electron chi connectivity index (χ1n) is 6.64. The summed E-state index contributed by atoms with van der Waals surface area (Å²) in [4.78, 5) is 11.3. The average molecular weight is 264 g/mol. The van der Waals surface area contributed by atoms with Crippen molar-refractivity contribution in [3.63, 3.8) is 0 Å². The van der Waals surface area contributed by atoms with E-state index in [0.29, 0.717) is 29.8 Å². The molecule has 1 aromatic rings. The van der Waals surface area contributed by atoms with Gasteiger partial charge in [-0.3, -0.25) is 4.79 Å². The minimum absolute atomic E-state index is 0.0178. The molecule has 1 fully saturated rings. The van der Waals surface area contributed by atoms with E-state index in [1.807, 2.05) is 0 Å². The van der Waals surface area contributed by atoms with Crippen molar-refractivity contribution in [3.8, 4) is 11.5 Å². The Bertz CT molecular complexity index is 436. The van der Waals surface area contributed by atoms with E-state index in [1.165, 1.54) is 6.92 Å². The fourth-order valence-electron chi connectivity index (χ4n) is 2.18. The zero-order valence-corrected chi connectivity index (χ0v) is 11.5. The number of carbonyl (C=O) groups excluding carboxylic acids is 1. The zero-order chi connectivity index (χ0) is 13.7. The highest BCUT2D eigenvalue weighted by molar-refractivity contribution is 5.94. The van der Waals surface area contributed by atoms with Gasteiger partial charge in [-0.1, -0.05) is 0 Å². The maximum Gasteiger partial charge on any atom is 0.161 e. The van der Waals surface area contributed by atoms with E-state index in [1.54, 1.807) is 25.3 Å². The van der Waals surface area contributed by atoms with Gasteiger partial charge in [0.05, 0.1) is 19.8 Å². The predicted octanol–water partition coefficient (Wildman–Crippen LogP) is 2.85. The minimum atomic E-state index is 0.0178. The average Bonchev–Trinajstić information content (AvgIpc) is 2.92. The Morgan fingerprint density at radius 3 is 2.89 bits per heavy atom. The summed E-state index contributed by atoms with van der Waals surface area (Å²) in [6.45, 7) is 2.99. The number of methoxy groups -OCH3 is 1. The van der Waals surface area contributed by atoms with Gasteiger partial charge in [-0.25, -0.2) is 0 Å². The number of Topliss-reactive ketones (excluding diaryl/α,β-unsaturated/α-hetero) is 1. The van der Waals surface area contributed by atoms with Crippen molar-refractivity contribution < 1.29 is 19.0 Å². The lowest BCUT2D eigenvalue weighted by Crippen LogP contribution is -2.11. The van der Waals surface area contributed by atoms with Crippen LogP contribution in [-0.2, 0) is 4.74 Å². The second-order valence-corrected chi connectivity index (χ2v) is 4.69. The molecule has 0 aliphatic carbocycles. The molecule has 1 heterocycles. The van der Waals surface area contributed by atoms with E-state index < -0.39 is 0 Å². The molecule has 19 heavy (non-hydrogen) atoms. The molecule has 1 aromatic carbocycles. The van der Waals surface area contributed by atoms with Crippen molar-refractivity contribution in [2.24, 2.45) is 0 Å². The molecule has 0 saturated carbocycles. The van der Waals surface area contributed by atoms with Crippen LogP contribution in [0.2, 0.25) is 0 Å². The Morgan fingerprint density at radius 2 is 2.26 bits per heavy atom. The molecular formula is C15H20O4. The van der Waals surface area contributed by atoms with Crippen molar-refractivity contribution in [1.29, 1.82) is 0 Å². The topological polar surface area (TPSA) is 44.8 Å². The maximum absolute atomic E-state index is 11.3. The summed E-state index contributed by atoms with van der Waals surface area (Å²) in [5.41, 5.74) is 0.628. The third-order valence-electron chi connectivity index (χ3n) is 3.29. The van der Waals surface area contributed by atoms with E-state index in [2.05, 4.69) is 0 Å². The molecule has 4 nitrogen and oxygen atoms in total. The number of hydrogen-bond donors (Lipinski definition) is 0. The first-order chi connectivity index (χ1) is 9.20. The molecule has 0 bridgehead atoms. The van der Waals surface area contributed by atoms with Gasteiger partial charge in [-0.2, -0.15) is 0 Å². The molecular weight excluding hydrogens is 244 g/mol. The van der Waals surface area contributed by atoms with Gasteiger partial charge in [0.2, 0.25) is 0 Å². The van der Waals surface area contributed by atoms with Gasteiger partial charge in [0.25, 0.3) is 0 Å². The van der Waals surface area contributed by atoms with Crippen molar-refractivity contribution in [3.05, 3.63) is 23.8 Å². The molecule has 1 aliphatic rings. The van der Waals surface area contributed by atoms with Crippen LogP contribution in [0.15, 0.2) is 18.2 Å². The summed E-state index contributed by atoms with van der Waals surface area (Å²) in [6.07, 6.45) is 3.46. The van der Waals surface area contributed by atoms with E-state index in [9.17, 15) is 4.79 Å². The summed E-state index contributed by atoms with van der Waals surface area (Å²) in [7, 11) is 1.58. The van der Waals surface area contributed by atoms with Crippen LogP contribution >= 0.6 is 0 Å². The lowest BCUT2D eigenvalue weighted by atomic mass is 10.1. The van der Waals surface area contributed by atoms with Gasteiger partial charge in [-0.15, -0.1) is 0 Å². The first kappa shape index (κ1) is 13.9. The largest absolute Gasteiger partial charge is 0.493 e. The number of benzene rings is 1. The number of ketones is 1. The van der Waals surface area contributed by atoms with Crippen molar-refractivity contribution in [1.82, 2.24) is 0 Å². The molecule has 0 spiro atoms. The predicted molar refractivity (Wildman–Crippen MR) is 72.1 cm³/mol. The number of ether oxygens (including phenoxy) is 3. The van der Waals surface area contributed by atoms with Gasteiger partial charge >= 0.3 is 0 Å². The van der Waals surface area contributed by atoms with E-state index in [4.69, 9.17) is 14.2 Å². The van der Waals surface area contributed by atoms with Crippen LogP contribution in [0.5, 0.6) is 11.5 Å². The highest BCUT2D eigenvalue weighted by atomic mass is 16.5. The lowest BCUT2D eigenvalue weighted by Gasteiger charge is -2.13. The van der Waals surface area contributed by atoms with E-state index in [-0.39, 0.29) is 5.78 Å². The third-order valence-corrected chi connectivity index (χ3v) is 3.29. The molecule has 4 heteroatoms. The lowest BCUT2D eigenvalue weighted by molar-refractivity contribution is 0.0899. The van der Waals surface area contributed by atoms with Gasteiger partial charge in [0.1, 0.15) is 0 Å². The molecule has 0 amide bonds. The van der Waals surface area contributed by atoms with E-state index in [0.717, 1.165) is 25.9 Å². The molecule has 1 aliphatic heterocycles. The van der Waals surface area contributed by atoms with Crippen molar-refractivity contribution in [2.45, 2.75) is 32.3 Å². The highest BCUT2D eigenvalue weighted by Crippen LogP contribution is 2.28. The Kier molecular flexibility index (Phi) is 4.80. The van der Waals surface area contributed by atoms with Crippen LogP contribution < -0.4 is 9.47 Å². The van der Waals surface area contributed by atoms with Crippen LogP contribution in [0.3, 0.4) is 0 Å². The molecule has 0 aromatic heterocycles. The quantitative estimate of drug-likeness (QED) is 0.741. The molecule has 1 saturated heterocycles. The number of rotatable bonds is 6. The normalized spacial score (nSPS) is 18.3. The summed E-state index contributed by atoms with van der Waals surface area (Å²) < 4.78 is 16.5. The van der Waals surface area contributed by atoms with Crippen LogP contribution in [0.1, 0.15) is 36.5 Å². The monoisotopic (exact) mass is 264 g/mol. The van der Waals surface area contributed by atoms with Crippen molar-refractivity contribution in [2.75, 3.05) is 20.3 Å². The van der Waals surface area contributed by atoms with Crippen LogP contribution in [0.4, 0.5) is 0 Å².